The summed E-state index contributed by atoms with van der Waals surface area (Å²) >= 11 is 0. The molecule has 0 saturated heterocycles. The Balaban J connectivity index is 0.00000204. The molecule has 0 amide bonds. The zero-order valence-corrected chi connectivity index (χ0v) is 18.9. The largest absolute Gasteiger partial charge is 0.427 e. The van der Waals surface area contributed by atoms with Gasteiger partial charge in [-0.05, 0) is 54.8 Å². The van der Waals surface area contributed by atoms with E-state index >= 15 is 0 Å². The Bertz CT molecular complexity index is 760. The van der Waals surface area contributed by atoms with Crippen LogP contribution in [0.3, 0.4) is 0 Å². The molecule has 0 aliphatic carbocycles. The number of para-hydroxylation sites is 1. The van der Waals surface area contributed by atoms with Gasteiger partial charge in [-0.3, -0.25) is 4.79 Å². The summed E-state index contributed by atoms with van der Waals surface area (Å²) in [6, 6.07) is 14.2. The number of hydrogen-bond donors (Lipinski definition) is 1. The van der Waals surface area contributed by atoms with Crippen LogP contribution in [0.1, 0.15) is 49.9 Å². The lowest BCUT2D eigenvalue weighted by molar-refractivity contribution is -0.131. The number of benzene rings is 2. The molecule has 0 aliphatic rings. The van der Waals surface area contributed by atoms with Gasteiger partial charge in [-0.1, -0.05) is 38.1 Å². The van der Waals surface area contributed by atoms with E-state index in [1.165, 1.54) is 18.2 Å². The van der Waals surface area contributed by atoms with Gasteiger partial charge in [0, 0.05) is 40.4 Å². The quantitative estimate of drug-likeness (QED) is 0.375. The Labute approximate surface area is 176 Å². The Hall–Kier alpha value is -2.37. The van der Waals surface area contributed by atoms with Gasteiger partial charge in [0.05, 0.1) is 6.04 Å². The molecule has 0 fully saturated rings. The predicted octanol–water partition coefficient (Wildman–Crippen LogP) is 4.73. The second-order valence-corrected chi connectivity index (χ2v) is 6.80. The fourth-order valence-corrected chi connectivity index (χ4v) is 3.19. The van der Waals surface area contributed by atoms with E-state index in [1.807, 2.05) is 39.0 Å². The van der Waals surface area contributed by atoms with Crippen LogP contribution in [-0.2, 0) is 9.53 Å². The zero-order valence-electron chi connectivity index (χ0n) is 18.9. The maximum Gasteiger partial charge on any atom is 0.308 e. The molecule has 1 unspecified atom stereocenters. The number of aryl methyl sites for hydroxylation is 1. The van der Waals surface area contributed by atoms with E-state index in [-0.39, 0.29) is 12.0 Å². The lowest BCUT2D eigenvalue weighted by Gasteiger charge is -2.27. The van der Waals surface area contributed by atoms with Crippen molar-refractivity contribution in [3.8, 4) is 5.75 Å². The topological polar surface area (TPSA) is 50.8 Å². The van der Waals surface area contributed by atoms with Crippen LogP contribution in [0.5, 0.6) is 5.75 Å². The van der Waals surface area contributed by atoms with Gasteiger partial charge in [0.25, 0.3) is 0 Å². The van der Waals surface area contributed by atoms with Crippen molar-refractivity contribution in [1.29, 1.82) is 0 Å². The van der Waals surface area contributed by atoms with Gasteiger partial charge in [0.15, 0.2) is 0 Å². The molecule has 0 radical (unpaired) electrons. The number of esters is 1. The highest BCUT2D eigenvalue weighted by Crippen LogP contribution is 2.33. The smallest absolute Gasteiger partial charge is 0.308 e. The summed E-state index contributed by atoms with van der Waals surface area (Å²) in [5, 5.41) is 3.67. The van der Waals surface area contributed by atoms with Crippen molar-refractivity contribution in [2.45, 2.75) is 40.2 Å². The molecule has 5 heteroatoms. The van der Waals surface area contributed by atoms with E-state index < -0.39 is 0 Å². The van der Waals surface area contributed by atoms with Gasteiger partial charge in [-0.15, -0.1) is 0 Å². The SMILES string of the molecule is CC.COCCCNC(c1ccc(OC(C)=O)cc1C)c1ccccc1N(C)C. The van der Waals surface area contributed by atoms with Crippen molar-refractivity contribution in [3.63, 3.8) is 0 Å². The number of carbonyl (C=O) groups excluding carboxylic acids is 1. The third-order valence-electron chi connectivity index (χ3n) is 4.42. The summed E-state index contributed by atoms with van der Waals surface area (Å²) in [5.41, 5.74) is 4.62. The molecule has 1 atom stereocenters. The van der Waals surface area contributed by atoms with Crippen molar-refractivity contribution in [2.75, 3.05) is 39.3 Å². The van der Waals surface area contributed by atoms with E-state index in [4.69, 9.17) is 9.47 Å². The number of nitrogens with zero attached hydrogens (tertiary/aromatic N) is 1. The van der Waals surface area contributed by atoms with Crippen LogP contribution in [0.2, 0.25) is 0 Å². The molecular formula is C24H36N2O3. The Morgan fingerprint density at radius 1 is 1.10 bits per heavy atom. The predicted molar refractivity (Wildman–Crippen MR) is 121 cm³/mol. The van der Waals surface area contributed by atoms with Crippen LogP contribution in [0.15, 0.2) is 42.5 Å². The van der Waals surface area contributed by atoms with Crippen LogP contribution in [0, 0.1) is 6.92 Å². The van der Waals surface area contributed by atoms with E-state index in [0.717, 1.165) is 30.7 Å². The second kappa shape index (κ2) is 13.0. The van der Waals surface area contributed by atoms with E-state index in [9.17, 15) is 4.79 Å². The van der Waals surface area contributed by atoms with Crippen molar-refractivity contribution < 1.29 is 14.3 Å². The molecule has 2 aromatic carbocycles. The highest BCUT2D eigenvalue weighted by Gasteiger charge is 2.20. The monoisotopic (exact) mass is 400 g/mol. The number of nitrogens with one attached hydrogen (secondary N) is 1. The van der Waals surface area contributed by atoms with Crippen LogP contribution < -0.4 is 15.0 Å². The van der Waals surface area contributed by atoms with Crippen molar-refractivity contribution >= 4 is 11.7 Å². The number of rotatable bonds is 9. The number of methoxy groups -OCH3 is 1. The molecule has 0 aliphatic heterocycles. The average molecular weight is 401 g/mol. The van der Waals surface area contributed by atoms with Gasteiger partial charge in [-0.2, -0.15) is 0 Å². The molecule has 0 aromatic heterocycles. The maximum absolute atomic E-state index is 11.2. The summed E-state index contributed by atoms with van der Waals surface area (Å²) in [6.07, 6.45) is 0.932. The number of anilines is 1. The fourth-order valence-electron chi connectivity index (χ4n) is 3.19. The first kappa shape index (κ1) is 24.7. The summed E-state index contributed by atoms with van der Waals surface area (Å²) < 4.78 is 10.4. The first-order valence-electron chi connectivity index (χ1n) is 10.2. The zero-order chi connectivity index (χ0) is 21.8. The molecule has 0 bridgehead atoms. The third kappa shape index (κ3) is 7.52. The van der Waals surface area contributed by atoms with Crippen LogP contribution in [0.4, 0.5) is 5.69 Å². The molecule has 0 saturated carbocycles. The number of ether oxygens (including phenoxy) is 2. The summed E-state index contributed by atoms with van der Waals surface area (Å²) in [4.78, 5) is 13.4. The molecule has 29 heavy (non-hydrogen) atoms. The first-order chi connectivity index (χ1) is 13.9. The van der Waals surface area contributed by atoms with E-state index in [2.05, 4.69) is 48.6 Å². The van der Waals surface area contributed by atoms with Gasteiger partial charge in [0.2, 0.25) is 0 Å². The minimum Gasteiger partial charge on any atom is -0.427 e. The summed E-state index contributed by atoms with van der Waals surface area (Å²) in [7, 11) is 5.83. The van der Waals surface area contributed by atoms with Crippen molar-refractivity contribution in [2.24, 2.45) is 0 Å². The first-order valence-corrected chi connectivity index (χ1v) is 10.2. The van der Waals surface area contributed by atoms with Crippen LogP contribution >= 0.6 is 0 Å². The van der Waals surface area contributed by atoms with Crippen LogP contribution in [-0.4, -0.2) is 40.3 Å². The lowest BCUT2D eigenvalue weighted by atomic mass is 9.93. The standard InChI is InChI=1S/C22H30N2O3.C2H6/c1-16-15-18(27-17(2)25)11-12-19(16)22(23-13-8-14-26-5)20-9-6-7-10-21(20)24(3)4;1-2/h6-7,9-12,15,22-23H,8,13-14H2,1-5H3;1-2H3. The molecule has 0 heterocycles. The molecule has 1 N–H and O–H groups in total. The third-order valence-corrected chi connectivity index (χ3v) is 4.42. The minimum absolute atomic E-state index is 0.0341. The molecule has 160 valence electrons. The highest BCUT2D eigenvalue weighted by atomic mass is 16.5. The van der Waals surface area contributed by atoms with Gasteiger partial charge < -0.3 is 19.7 Å². The average Bonchev–Trinajstić information content (AvgIpc) is 2.70. The Morgan fingerprint density at radius 3 is 2.38 bits per heavy atom. The Morgan fingerprint density at radius 2 is 1.79 bits per heavy atom. The van der Waals surface area contributed by atoms with E-state index in [0.29, 0.717) is 5.75 Å². The Kier molecular flexibility index (Phi) is 11.0. The van der Waals surface area contributed by atoms with Crippen LogP contribution in [0.25, 0.3) is 0 Å². The van der Waals surface area contributed by atoms with Crippen molar-refractivity contribution in [1.82, 2.24) is 5.32 Å². The van der Waals surface area contributed by atoms with Gasteiger partial charge in [0.1, 0.15) is 5.75 Å². The molecule has 0 spiro atoms. The van der Waals surface area contributed by atoms with Crippen molar-refractivity contribution in [3.05, 3.63) is 59.2 Å². The number of hydrogen-bond acceptors (Lipinski definition) is 5. The summed E-state index contributed by atoms with van der Waals surface area (Å²) in [6.45, 7) is 9.02. The summed E-state index contributed by atoms with van der Waals surface area (Å²) in [5.74, 6) is 0.261. The maximum atomic E-state index is 11.2. The fraction of sp³-hybridized carbons (Fsp3) is 0.458. The number of carbonyl (C=O) groups is 1. The molecular weight excluding hydrogens is 364 g/mol. The molecule has 2 rings (SSSR count). The normalized spacial score (nSPS) is 11.3. The second-order valence-electron chi connectivity index (χ2n) is 6.80. The highest BCUT2D eigenvalue weighted by molar-refractivity contribution is 5.69. The van der Waals surface area contributed by atoms with Gasteiger partial charge in [-0.25, -0.2) is 0 Å². The molecule has 2 aromatic rings. The van der Waals surface area contributed by atoms with E-state index in [1.54, 1.807) is 7.11 Å². The lowest BCUT2D eigenvalue weighted by Crippen LogP contribution is -2.27. The molecule has 5 nitrogen and oxygen atoms in total. The van der Waals surface area contributed by atoms with Gasteiger partial charge >= 0.3 is 5.97 Å². The minimum atomic E-state index is -0.311.